The van der Waals surface area contributed by atoms with E-state index < -0.39 is 24.5 Å². The number of urea groups is 1. The van der Waals surface area contributed by atoms with Gasteiger partial charge in [-0.2, -0.15) is 0 Å². The number of methoxy groups -OCH3 is 1. The van der Waals surface area contributed by atoms with Crippen molar-refractivity contribution in [2.24, 2.45) is 5.73 Å². The molecule has 0 aliphatic rings. The lowest BCUT2D eigenvalue weighted by atomic mass is 10.2. The predicted molar refractivity (Wildman–Crippen MR) is 101 cm³/mol. The number of nitrogens with one attached hydrogen (secondary N) is 1. The summed E-state index contributed by atoms with van der Waals surface area (Å²) in [5.41, 5.74) is 7.04. The van der Waals surface area contributed by atoms with E-state index in [1.807, 2.05) is 6.92 Å². The van der Waals surface area contributed by atoms with Gasteiger partial charge in [0, 0.05) is 6.08 Å². The largest absolute Gasteiger partial charge is 0.493 e. The quantitative estimate of drug-likeness (QED) is 0.500. The molecule has 10 nitrogen and oxygen atoms in total. The normalized spacial score (nSPS) is 10.6. The van der Waals surface area contributed by atoms with Gasteiger partial charge in [0.1, 0.15) is 12.4 Å². The minimum atomic E-state index is -1.02. The van der Waals surface area contributed by atoms with Crippen molar-refractivity contribution in [2.75, 3.05) is 13.7 Å². The highest BCUT2D eigenvalue weighted by atomic mass is 16.5. The second-order valence-electron chi connectivity index (χ2n) is 5.86. The number of rotatable bonds is 8. The van der Waals surface area contributed by atoms with Gasteiger partial charge in [0.2, 0.25) is 0 Å². The summed E-state index contributed by atoms with van der Waals surface area (Å²) in [6.07, 6.45) is 2.62. The highest BCUT2D eigenvalue weighted by molar-refractivity contribution is 5.95. The van der Waals surface area contributed by atoms with E-state index in [1.54, 1.807) is 30.4 Å². The van der Waals surface area contributed by atoms with Crippen LogP contribution < -0.4 is 20.5 Å². The summed E-state index contributed by atoms with van der Waals surface area (Å²) in [4.78, 5) is 33.3. The number of carbonyl (C=O) groups is 3. The van der Waals surface area contributed by atoms with Crippen molar-refractivity contribution < 1.29 is 33.1 Å². The van der Waals surface area contributed by atoms with Crippen LogP contribution in [0.1, 0.15) is 22.6 Å². The number of ether oxygens (including phenoxy) is 3. The molecule has 154 valence electrons. The SMILES string of the molecule is COc1cc(/C=C/C(=O)OCC(=O)NC(N)=O)ccc1OCc1c(C)noc1C. The van der Waals surface area contributed by atoms with Crippen LogP contribution in [-0.4, -0.2) is 36.8 Å². The minimum absolute atomic E-state index is 0.270. The molecule has 0 saturated carbocycles. The van der Waals surface area contributed by atoms with Gasteiger partial charge < -0.3 is 24.5 Å². The van der Waals surface area contributed by atoms with Crippen LogP contribution in [0.3, 0.4) is 0 Å². The highest BCUT2D eigenvalue weighted by Gasteiger charge is 2.12. The van der Waals surface area contributed by atoms with Gasteiger partial charge in [-0.1, -0.05) is 11.2 Å². The number of primary amides is 1. The molecule has 0 bridgehead atoms. The van der Waals surface area contributed by atoms with Crippen molar-refractivity contribution in [3.05, 3.63) is 46.9 Å². The van der Waals surface area contributed by atoms with Gasteiger partial charge in [-0.05, 0) is 37.6 Å². The molecule has 3 amide bonds. The van der Waals surface area contributed by atoms with Crippen molar-refractivity contribution in [3.63, 3.8) is 0 Å². The third-order valence-electron chi connectivity index (χ3n) is 3.76. The Morgan fingerprint density at radius 3 is 2.62 bits per heavy atom. The monoisotopic (exact) mass is 403 g/mol. The Balaban J connectivity index is 1.97. The number of benzene rings is 1. The summed E-state index contributed by atoms with van der Waals surface area (Å²) in [5.74, 6) is 0.0792. The average Bonchev–Trinajstić information content (AvgIpc) is 3.00. The lowest BCUT2D eigenvalue weighted by Crippen LogP contribution is -2.37. The van der Waals surface area contributed by atoms with Crippen LogP contribution in [0, 0.1) is 13.8 Å². The van der Waals surface area contributed by atoms with Crippen LogP contribution in [0.25, 0.3) is 6.08 Å². The number of hydrogen-bond donors (Lipinski definition) is 2. The molecule has 0 unspecified atom stereocenters. The van der Waals surface area contributed by atoms with Gasteiger partial charge in [0.25, 0.3) is 5.91 Å². The van der Waals surface area contributed by atoms with Gasteiger partial charge in [-0.15, -0.1) is 0 Å². The Morgan fingerprint density at radius 1 is 1.24 bits per heavy atom. The van der Waals surface area contributed by atoms with Gasteiger partial charge in [0.15, 0.2) is 18.1 Å². The molecule has 0 atom stereocenters. The van der Waals surface area contributed by atoms with E-state index in [9.17, 15) is 14.4 Å². The molecule has 0 aliphatic heterocycles. The predicted octanol–water partition coefficient (Wildman–Crippen LogP) is 1.63. The van der Waals surface area contributed by atoms with Crippen molar-refractivity contribution in [1.82, 2.24) is 10.5 Å². The smallest absolute Gasteiger partial charge is 0.331 e. The van der Waals surface area contributed by atoms with Crippen LogP contribution in [0.15, 0.2) is 28.8 Å². The van der Waals surface area contributed by atoms with E-state index in [0.717, 1.165) is 17.3 Å². The fourth-order valence-corrected chi connectivity index (χ4v) is 2.29. The van der Waals surface area contributed by atoms with Crippen molar-refractivity contribution in [3.8, 4) is 11.5 Å². The van der Waals surface area contributed by atoms with Gasteiger partial charge in [-0.3, -0.25) is 10.1 Å². The van der Waals surface area contributed by atoms with Crippen LogP contribution in [-0.2, 0) is 20.9 Å². The molecular formula is C19H21N3O7. The summed E-state index contributed by atoms with van der Waals surface area (Å²) < 4.78 is 20.9. The highest BCUT2D eigenvalue weighted by Crippen LogP contribution is 2.30. The zero-order chi connectivity index (χ0) is 21.4. The molecule has 0 saturated heterocycles. The number of nitrogens with zero attached hydrogens (tertiary/aromatic N) is 1. The third-order valence-corrected chi connectivity index (χ3v) is 3.76. The molecule has 0 spiro atoms. The Labute approximate surface area is 166 Å². The number of esters is 1. The van der Waals surface area contributed by atoms with E-state index in [2.05, 4.69) is 5.16 Å². The number of aromatic nitrogens is 1. The third kappa shape index (κ3) is 6.38. The summed E-state index contributed by atoms with van der Waals surface area (Å²) in [7, 11) is 1.50. The Hall–Kier alpha value is -3.82. The zero-order valence-corrected chi connectivity index (χ0v) is 16.2. The Bertz CT molecular complexity index is 914. The maximum atomic E-state index is 11.6. The second-order valence-corrected chi connectivity index (χ2v) is 5.86. The second kappa shape index (κ2) is 9.93. The number of hydrogen-bond acceptors (Lipinski definition) is 8. The zero-order valence-electron chi connectivity index (χ0n) is 16.2. The van der Waals surface area contributed by atoms with E-state index >= 15 is 0 Å². The standard InChI is InChI=1S/C19H21N3O7/c1-11-14(12(2)29-22-11)9-27-15-6-4-13(8-16(15)26-3)5-7-18(24)28-10-17(23)21-19(20)25/h4-8H,9-10H2,1-3H3,(H3,20,21,23,25)/b7-5+. The molecule has 0 fully saturated rings. The first-order valence-electron chi connectivity index (χ1n) is 8.47. The molecule has 1 aromatic carbocycles. The van der Waals surface area contributed by atoms with Crippen molar-refractivity contribution in [1.29, 1.82) is 0 Å². The fraction of sp³-hybridized carbons (Fsp3) is 0.263. The van der Waals surface area contributed by atoms with Crippen LogP contribution >= 0.6 is 0 Å². The summed E-state index contributed by atoms with van der Waals surface area (Å²) in [6.45, 7) is 3.29. The number of carbonyl (C=O) groups excluding carboxylic acids is 3. The topological polar surface area (TPSA) is 143 Å². The number of nitrogens with two attached hydrogens (primary N) is 1. The summed E-state index contributed by atoms with van der Waals surface area (Å²) >= 11 is 0. The maximum Gasteiger partial charge on any atom is 0.331 e. The molecule has 0 aliphatic carbocycles. The van der Waals surface area contributed by atoms with Crippen LogP contribution in [0.5, 0.6) is 11.5 Å². The van der Waals surface area contributed by atoms with Gasteiger partial charge in [-0.25, -0.2) is 9.59 Å². The molecule has 1 aromatic heterocycles. The first-order chi connectivity index (χ1) is 13.8. The number of aryl methyl sites for hydroxylation is 2. The van der Waals surface area contributed by atoms with Crippen LogP contribution in [0.4, 0.5) is 4.79 Å². The lowest BCUT2D eigenvalue weighted by Gasteiger charge is -2.11. The maximum absolute atomic E-state index is 11.6. The van der Waals surface area contributed by atoms with E-state index in [-0.39, 0.29) is 6.61 Å². The van der Waals surface area contributed by atoms with E-state index in [1.165, 1.54) is 13.2 Å². The van der Waals surface area contributed by atoms with Gasteiger partial charge in [0.05, 0.1) is 18.4 Å². The lowest BCUT2D eigenvalue weighted by molar-refractivity contribution is -0.143. The molecule has 29 heavy (non-hydrogen) atoms. The molecule has 3 N–H and O–H groups in total. The minimum Gasteiger partial charge on any atom is -0.493 e. The van der Waals surface area contributed by atoms with Crippen LogP contribution in [0.2, 0.25) is 0 Å². The molecule has 2 aromatic rings. The summed E-state index contributed by atoms with van der Waals surface area (Å²) in [6, 6.07) is 4.06. The molecule has 10 heteroatoms. The van der Waals surface area contributed by atoms with Gasteiger partial charge >= 0.3 is 12.0 Å². The Kier molecular flexibility index (Phi) is 7.35. The van der Waals surface area contributed by atoms with Crippen molar-refractivity contribution in [2.45, 2.75) is 20.5 Å². The molecule has 2 rings (SSSR count). The molecule has 0 radical (unpaired) electrons. The first-order valence-corrected chi connectivity index (χ1v) is 8.47. The fourth-order valence-electron chi connectivity index (χ4n) is 2.29. The Morgan fingerprint density at radius 2 is 2.00 bits per heavy atom. The number of amides is 3. The number of imide groups is 1. The molecule has 1 heterocycles. The van der Waals surface area contributed by atoms with Crippen molar-refractivity contribution >= 4 is 24.0 Å². The van der Waals surface area contributed by atoms with E-state index in [0.29, 0.717) is 22.8 Å². The average molecular weight is 403 g/mol. The summed E-state index contributed by atoms with van der Waals surface area (Å²) in [5, 5.41) is 5.66. The first kappa shape index (κ1) is 21.5. The van der Waals surface area contributed by atoms with E-state index in [4.69, 9.17) is 24.5 Å². The molecular weight excluding hydrogens is 382 g/mol.